The quantitative estimate of drug-likeness (QED) is 0.303. The number of ketones is 1. The highest BCUT2D eigenvalue weighted by atomic mass is 32.2. The van der Waals surface area contributed by atoms with Crippen LogP contribution in [-0.2, 0) is 35.2 Å². The molecule has 0 N–H and O–H groups in total. The zero-order valence-corrected chi connectivity index (χ0v) is 19.3. The molecule has 0 spiro atoms. The minimum absolute atomic E-state index is 0.0137. The molecule has 0 unspecified atom stereocenters. The molecule has 0 saturated heterocycles. The number of esters is 2. The Morgan fingerprint density at radius 2 is 1.63 bits per heavy atom. The molecule has 30 heavy (non-hydrogen) atoms. The van der Waals surface area contributed by atoms with Gasteiger partial charge in [-0.1, -0.05) is 44.2 Å². The Bertz CT molecular complexity index is 727. The Labute approximate surface area is 186 Å². The third-order valence-corrected chi connectivity index (χ3v) is 5.10. The van der Waals surface area contributed by atoms with Crippen molar-refractivity contribution in [3.8, 4) is 0 Å². The minimum atomic E-state index is -0.922. The first-order valence-corrected chi connectivity index (χ1v) is 10.9. The Morgan fingerprint density at radius 1 is 1.00 bits per heavy atom. The standard InChI is InChI=1S/C21H28O7S2/c1-14(2)18(23)27-13-28-20(25)30-12-16(10-17(22)21(3,4)29)19(24)26-11-15-8-6-5-7-9-15/h5-9,14,16,29H,10-13H2,1-4H3/t16-/m0/s1. The Kier molecular flexibility index (Phi) is 11.0. The summed E-state index contributed by atoms with van der Waals surface area (Å²) in [5.74, 6) is -2.51. The normalized spacial score (nSPS) is 12.2. The molecular weight excluding hydrogens is 428 g/mol. The van der Waals surface area contributed by atoms with E-state index in [9.17, 15) is 19.2 Å². The number of ether oxygens (including phenoxy) is 3. The van der Waals surface area contributed by atoms with Crippen molar-refractivity contribution in [2.45, 2.75) is 45.5 Å². The SMILES string of the molecule is CC(C)C(=O)OCOC(=O)SC[C@H](CC(=O)C(C)(C)S)C(=O)OCc1ccccc1. The molecule has 166 valence electrons. The van der Waals surface area contributed by atoms with Crippen LogP contribution in [0.15, 0.2) is 30.3 Å². The lowest BCUT2D eigenvalue weighted by Crippen LogP contribution is -2.31. The molecule has 0 bridgehead atoms. The number of thiol groups is 1. The lowest BCUT2D eigenvalue weighted by Gasteiger charge is -2.20. The predicted octanol–water partition coefficient (Wildman–Crippen LogP) is 4.04. The van der Waals surface area contributed by atoms with Crippen LogP contribution in [0.25, 0.3) is 0 Å². The van der Waals surface area contributed by atoms with Crippen molar-refractivity contribution >= 4 is 47.4 Å². The van der Waals surface area contributed by atoms with Crippen LogP contribution in [0.4, 0.5) is 4.79 Å². The monoisotopic (exact) mass is 456 g/mol. The molecule has 0 aliphatic carbocycles. The summed E-state index contributed by atoms with van der Waals surface area (Å²) in [6.45, 7) is 6.14. The zero-order valence-electron chi connectivity index (χ0n) is 17.6. The molecule has 0 amide bonds. The van der Waals surface area contributed by atoms with Crippen molar-refractivity contribution in [1.29, 1.82) is 0 Å². The van der Waals surface area contributed by atoms with Crippen LogP contribution in [0, 0.1) is 11.8 Å². The molecule has 0 saturated carbocycles. The van der Waals surface area contributed by atoms with Gasteiger partial charge in [0.1, 0.15) is 12.4 Å². The molecule has 0 heterocycles. The van der Waals surface area contributed by atoms with Gasteiger partial charge in [0, 0.05) is 12.2 Å². The summed E-state index contributed by atoms with van der Waals surface area (Å²) in [5, 5.41) is -0.718. The summed E-state index contributed by atoms with van der Waals surface area (Å²) in [5.41, 5.74) is 0.810. The average molecular weight is 457 g/mol. The summed E-state index contributed by atoms with van der Waals surface area (Å²) in [7, 11) is 0. The van der Waals surface area contributed by atoms with E-state index >= 15 is 0 Å². The molecule has 1 aromatic carbocycles. The van der Waals surface area contributed by atoms with E-state index in [0.29, 0.717) is 11.8 Å². The highest BCUT2D eigenvalue weighted by molar-refractivity contribution is 8.13. The van der Waals surface area contributed by atoms with Crippen molar-refractivity contribution < 1.29 is 33.4 Å². The first-order chi connectivity index (χ1) is 14.0. The van der Waals surface area contributed by atoms with Gasteiger partial charge in [-0.25, -0.2) is 4.79 Å². The van der Waals surface area contributed by atoms with E-state index in [1.165, 1.54) is 0 Å². The molecule has 0 aliphatic heterocycles. The average Bonchev–Trinajstić information content (AvgIpc) is 2.68. The van der Waals surface area contributed by atoms with E-state index in [2.05, 4.69) is 12.6 Å². The molecule has 0 aliphatic rings. The first kappa shape index (κ1) is 26.0. The largest absolute Gasteiger partial charge is 0.461 e. The molecule has 0 fully saturated rings. The van der Waals surface area contributed by atoms with Crippen LogP contribution in [0.5, 0.6) is 0 Å². The number of hydrogen-bond acceptors (Lipinski definition) is 9. The lowest BCUT2D eigenvalue weighted by molar-refractivity contribution is -0.155. The van der Waals surface area contributed by atoms with Gasteiger partial charge in [0.15, 0.2) is 0 Å². The number of carbonyl (C=O) groups excluding carboxylic acids is 4. The van der Waals surface area contributed by atoms with Gasteiger partial charge in [0.2, 0.25) is 6.79 Å². The van der Waals surface area contributed by atoms with Gasteiger partial charge < -0.3 is 14.2 Å². The number of benzene rings is 1. The maximum Gasteiger partial charge on any atom is 0.370 e. The van der Waals surface area contributed by atoms with E-state index in [4.69, 9.17) is 14.2 Å². The van der Waals surface area contributed by atoms with Crippen LogP contribution in [0.1, 0.15) is 39.7 Å². The summed E-state index contributed by atoms with van der Waals surface area (Å²) in [6.07, 6.45) is -0.118. The van der Waals surface area contributed by atoms with Crippen LogP contribution < -0.4 is 0 Å². The fourth-order valence-corrected chi connectivity index (χ4v) is 2.86. The van der Waals surface area contributed by atoms with Gasteiger partial charge in [-0.05, 0) is 31.2 Å². The second kappa shape index (κ2) is 12.6. The third kappa shape index (κ3) is 10.2. The maximum absolute atomic E-state index is 12.5. The summed E-state index contributed by atoms with van der Waals surface area (Å²) >= 11 is 4.96. The van der Waals surface area contributed by atoms with Gasteiger partial charge >= 0.3 is 17.2 Å². The van der Waals surface area contributed by atoms with E-state index in [0.717, 1.165) is 5.56 Å². The van der Waals surface area contributed by atoms with Crippen LogP contribution in [0.2, 0.25) is 0 Å². The van der Waals surface area contributed by atoms with E-state index in [-0.39, 0.29) is 30.5 Å². The molecule has 9 heteroatoms. The van der Waals surface area contributed by atoms with Gasteiger partial charge in [0.25, 0.3) is 0 Å². The topological polar surface area (TPSA) is 96.0 Å². The second-order valence-electron chi connectivity index (χ2n) is 7.42. The van der Waals surface area contributed by atoms with Crippen molar-refractivity contribution in [3.05, 3.63) is 35.9 Å². The number of thioether (sulfide) groups is 1. The fraction of sp³-hybridized carbons (Fsp3) is 0.524. The summed E-state index contributed by atoms with van der Waals surface area (Å²) < 4.78 is 14.0. The Hall–Kier alpha value is -2.00. The van der Waals surface area contributed by atoms with Crippen molar-refractivity contribution in [1.82, 2.24) is 0 Å². The smallest absolute Gasteiger partial charge is 0.370 e. The van der Waals surface area contributed by atoms with E-state index < -0.39 is 34.7 Å². The summed E-state index contributed by atoms with van der Waals surface area (Å²) in [6, 6.07) is 9.13. The van der Waals surface area contributed by atoms with Gasteiger partial charge in [-0.2, -0.15) is 12.6 Å². The highest BCUT2D eigenvalue weighted by Gasteiger charge is 2.31. The van der Waals surface area contributed by atoms with Crippen molar-refractivity contribution in [2.24, 2.45) is 11.8 Å². The Balaban J connectivity index is 2.62. The van der Waals surface area contributed by atoms with Crippen LogP contribution in [-0.4, -0.2) is 40.3 Å². The minimum Gasteiger partial charge on any atom is -0.461 e. The molecule has 1 aromatic rings. The van der Waals surface area contributed by atoms with Gasteiger partial charge in [0.05, 0.1) is 16.6 Å². The summed E-state index contributed by atoms with van der Waals surface area (Å²) in [4.78, 5) is 48.1. The van der Waals surface area contributed by atoms with Crippen molar-refractivity contribution in [3.63, 3.8) is 0 Å². The maximum atomic E-state index is 12.5. The molecule has 7 nitrogen and oxygen atoms in total. The van der Waals surface area contributed by atoms with Crippen LogP contribution in [0.3, 0.4) is 0 Å². The van der Waals surface area contributed by atoms with Crippen molar-refractivity contribution in [2.75, 3.05) is 12.5 Å². The van der Waals surface area contributed by atoms with Crippen LogP contribution >= 0.6 is 24.4 Å². The van der Waals surface area contributed by atoms with E-state index in [1.807, 2.05) is 30.3 Å². The molecular formula is C21H28O7S2. The molecule has 0 aromatic heterocycles. The number of rotatable bonds is 11. The third-order valence-electron chi connectivity index (χ3n) is 3.92. The Morgan fingerprint density at radius 3 is 2.20 bits per heavy atom. The predicted molar refractivity (Wildman–Crippen MR) is 117 cm³/mol. The lowest BCUT2D eigenvalue weighted by atomic mass is 9.97. The molecule has 1 atom stereocenters. The first-order valence-electron chi connectivity index (χ1n) is 9.43. The van der Waals surface area contributed by atoms with Gasteiger partial charge in [-0.15, -0.1) is 0 Å². The number of hydrogen-bond donors (Lipinski definition) is 1. The molecule has 0 radical (unpaired) electrons. The van der Waals surface area contributed by atoms with Gasteiger partial charge in [-0.3, -0.25) is 14.4 Å². The number of Topliss-reactive ketones (excluding diaryl/α,β-unsaturated/α-hetero) is 1. The molecule has 1 rings (SSSR count). The number of carbonyl (C=O) groups is 4. The second-order valence-corrected chi connectivity index (χ2v) is 9.49. The fourth-order valence-electron chi connectivity index (χ4n) is 2.04. The zero-order chi connectivity index (χ0) is 22.7. The highest BCUT2D eigenvalue weighted by Crippen LogP contribution is 2.23. The van der Waals surface area contributed by atoms with E-state index in [1.54, 1.807) is 27.7 Å².